The summed E-state index contributed by atoms with van der Waals surface area (Å²) in [5.74, 6) is 0.554. The minimum absolute atomic E-state index is 0.229. The number of benzene rings is 2. The van der Waals surface area contributed by atoms with Crippen LogP contribution in [-0.2, 0) is 4.79 Å². The van der Waals surface area contributed by atoms with Crippen LogP contribution in [0, 0.1) is 0 Å². The molecule has 0 aromatic heterocycles. The van der Waals surface area contributed by atoms with Crippen LogP contribution in [0.3, 0.4) is 0 Å². The van der Waals surface area contributed by atoms with Crippen LogP contribution in [0.5, 0.6) is 23.0 Å². The fourth-order valence-corrected chi connectivity index (χ4v) is 2.51. The molecular weight excluding hydrogens is 352 g/mol. The summed E-state index contributed by atoms with van der Waals surface area (Å²) in [5, 5.41) is 8.69. The number of methoxy groups -OCH3 is 1. The smallest absolute Gasteiger partial charge is 0.341 e. The van der Waals surface area contributed by atoms with Gasteiger partial charge in [0.15, 0.2) is 35.4 Å². The van der Waals surface area contributed by atoms with Crippen molar-refractivity contribution >= 4 is 17.8 Å². The van der Waals surface area contributed by atoms with Gasteiger partial charge in [-0.05, 0) is 42.0 Å². The first-order chi connectivity index (χ1) is 13.1. The Balaban J connectivity index is 1.73. The number of allylic oxidation sites excluding steroid dienone is 1. The van der Waals surface area contributed by atoms with Gasteiger partial charge >= 0.3 is 5.97 Å². The molecule has 2 aromatic rings. The van der Waals surface area contributed by atoms with E-state index in [-0.39, 0.29) is 17.3 Å². The lowest BCUT2D eigenvalue weighted by molar-refractivity contribution is -0.139. The Morgan fingerprint density at radius 2 is 1.85 bits per heavy atom. The number of ether oxygens (including phenoxy) is 4. The van der Waals surface area contributed by atoms with Gasteiger partial charge in [-0.1, -0.05) is 12.1 Å². The van der Waals surface area contributed by atoms with Gasteiger partial charge in [0, 0.05) is 5.56 Å². The van der Waals surface area contributed by atoms with E-state index in [0.717, 1.165) is 5.56 Å². The third-order valence-corrected chi connectivity index (χ3v) is 3.79. The van der Waals surface area contributed by atoms with E-state index in [2.05, 4.69) is 0 Å². The second-order valence-corrected chi connectivity index (χ2v) is 5.65. The highest BCUT2D eigenvalue weighted by atomic mass is 16.6. The normalized spacial score (nSPS) is 12.6. The topological polar surface area (TPSA) is 91.3 Å². The molecule has 0 unspecified atom stereocenters. The molecule has 0 fully saturated rings. The van der Waals surface area contributed by atoms with Crippen LogP contribution in [0.1, 0.15) is 15.9 Å². The Morgan fingerprint density at radius 1 is 1.07 bits per heavy atom. The van der Waals surface area contributed by atoms with Gasteiger partial charge in [-0.2, -0.15) is 0 Å². The van der Waals surface area contributed by atoms with Gasteiger partial charge in [-0.3, -0.25) is 4.79 Å². The van der Waals surface area contributed by atoms with Crippen LogP contribution in [0.2, 0.25) is 0 Å². The summed E-state index contributed by atoms with van der Waals surface area (Å²) in [6.07, 6.45) is 3.12. The number of fused-ring (bicyclic) bond motifs is 1. The summed E-state index contributed by atoms with van der Waals surface area (Å²) >= 11 is 0. The van der Waals surface area contributed by atoms with E-state index in [1.54, 1.807) is 18.2 Å². The molecule has 0 bridgehead atoms. The van der Waals surface area contributed by atoms with Crippen molar-refractivity contribution in [3.8, 4) is 23.0 Å². The van der Waals surface area contributed by atoms with Crippen molar-refractivity contribution in [3.05, 3.63) is 53.6 Å². The number of hydrogen-bond donors (Lipinski definition) is 1. The molecule has 0 spiro atoms. The van der Waals surface area contributed by atoms with Gasteiger partial charge in [0.05, 0.1) is 7.11 Å². The number of carboxylic acids is 1. The lowest BCUT2D eigenvalue weighted by Gasteiger charge is -2.18. The average molecular weight is 370 g/mol. The van der Waals surface area contributed by atoms with E-state index in [1.807, 2.05) is 12.1 Å². The van der Waals surface area contributed by atoms with E-state index in [1.165, 1.54) is 25.3 Å². The van der Waals surface area contributed by atoms with E-state index < -0.39 is 12.6 Å². The predicted octanol–water partition coefficient (Wildman–Crippen LogP) is 2.83. The molecule has 0 amide bonds. The Labute approximate surface area is 155 Å². The molecule has 27 heavy (non-hydrogen) atoms. The molecule has 0 atom stereocenters. The van der Waals surface area contributed by atoms with Crippen molar-refractivity contribution < 1.29 is 33.6 Å². The van der Waals surface area contributed by atoms with E-state index >= 15 is 0 Å². The number of rotatable bonds is 7. The van der Waals surface area contributed by atoms with Crippen LogP contribution in [0.4, 0.5) is 0 Å². The maximum absolute atomic E-state index is 12.4. The lowest BCUT2D eigenvalue weighted by atomic mass is 10.1. The third-order valence-electron chi connectivity index (χ3n) is 3.79. The van der Waals surface area contributed by atoms with Crippen molar-refractivity contribution in [3.63, 3.8) is 0 Å². The lowest BCUT2D eigenvalue weighted by Crippen LogP contribution is -2.15. The first-order valence-corrected chi connectivity index (χ1v) is 8.21. The molecule has 1 aliphatic heterocycles. The Hall–Kier alpha value is -3.48. The molecule has 2 aromatic carbocycles. The largest absolute Gasteiger partial charge is 0.493 e. The maximum Gasteiger partial charge on any atom is 0.341 e. The molecule has 7 nitrogen and oxygen atoms in total. The zero-order valence-corrected chi connectivity index (χ0v) is 14.6. The van der Waals surface area contributed by atoms with Crippen LogP contribution in [-0.4, -0.2) is 43.8 Å². The number of aliphatic carboxylic acids is 1. The highest BCUT2D eigenvalue weighted by Crippen LogP contribution is 2.31. The van der Waals surface area contributed by atoms with Gasteiger partial charge in [0.25, 0.3) is 0 Å². The molecule has 1 N–H and O–H groups in total. The zero-order chi connectivity index (χ0) is 19.2. The van der Waals surface area contributed by atoms with Crippen LogP contribution in [0.25, 0.3) is 6.08 Å². The fourth-order valence-electron chi connectivity index (χ4n) is 2.51. The van der Waals surface area contributed by atoms with Gasteiger partial charge in [-0.25, -0.2) is 4.79 Å². The quantitative estimate of drug-likeness (QED) is 0.592. The van der Waals surface area contributed by atoms with Crippen molar-refractivity contribution in [2.24, 2.45) is 0 Å². The van der Waals surface area contributed by atoms with Crippen molar-refractivity contribution in [1.82, 2.24) is 0 Å². The minimum Gasteiger partial charge on any atom is -0.493 e. The second-order valence-electron chi connectivity index (χ2n) is 5.65. The summed E-state index contributed by atoms with van der Waals surface area (Å²) in [4.78, 5) is 23.0. The first kappa shape index (κ1) is 18.3. The molecule has 0 saturated carbocycles. The van der Waals surface area contributed by atoms with Crippen LogP contribution < -0.4 is 18.9 Å². The molecule has 1 heterocycles. The number of hydrogen-bond acceptors (Lipinski definition) is 6. The monoisotopic (exact) mass is 370 g/mol. The number of carbonyl (C=O) groups is 2. The number of ketones is 1. The summed E-state index contributed by atoms with van der Waals surface area (Å²) in [6, 6.07) is 10.0. The molecular formula is C20H18O7. The third kappa shape index (κ3) is 4.58. The van der Waals surface area contributed by atoms with Crippen LogP contribution >= 0.6 is 0 Å². The minimum atomic E-state index is -1.10. The van der Waals surface area contributed by atoms with E-state index in [0.29, 0.717) is 30.3 Å². The van der Waals surface area contributed by atoms with Crippen molar-refractivity contribution in [1.29, 1.82) is 0 Å². The standard InChI is InChI=1S/C20H18O7/c1-24-18-11-14(4-7-16(18)27-12-20(22)23)15(21)5-2-13-3-6-17-19(10-13)26-9-8-25-17/h2-7,10-11H,8-9,12H2,1H3,(H,22,23). The summed E-state index contributed by atoms with van der Waals surface area (Å²) < 4.78 is 21.3. The summed E-state index contributed by atoms with van der Waals surface area (Å²) in [5.41, 5.74) is 1.20. The first-order valence-electron chi connectivity index (χ1n) is 8.21. The van der Waals surface area contributed by atoms with Gasteiger partial charge in [0.1, 0.15) is 13.2 Å². The van der Waals surface area contributed by atoms with Gasteiger partial charge < -0.3 is 24.1 Å². The molecule has 0 radical (unpaired) electrons. The number of carboxylic acid groups (broad SMARTS) is 1. The molecule has 7 heteroatoms. The maximum atomic E-state index is 12.4. The molecule has 140 valence electrons. The SMILES string of the molecule is COc1cc(C(=O)C=Cc2ccc3c(c2)OCCO3)ccc1OCC(=O)O. The highest BCUT2D eigenvalue weighted by molar-refractivity contribution is 6.07. The van der Waals surface area contributed by atoms with E-state index in [4.69, 9.17) is 24.1 Å². The summed E-state index contributed by atoms with van der Waals surface area (Å²) in [7, 11) is 1.42. The summed E-state index contributed by atoms with van der Waals surface area (Å²) in [6.45, 7) is 0.525. The Kier molecular flexibility index (Phi) is 5.61. The zero-order valence-electron chi connectivity index (χ0n) is 14.6. The highest BCUT2D eigenvalue weighted by Gasteiger charge is 2.12. The Morgan fingerprint density at radius 3 is 2.59 bits per heavy atom. The molecule has 1 aliphatic rings. The van der Waals surface area contributed by atoms with Gasteiger partial charge in [0.2, 0.25) is 0 Å². The Bertz CT molecular complexity index is 886. The molecule has 3 rings (SSSR count). The molecule has 0 aliphatic carbocycles. The average Bonchev–Trinajstić information content (AvgIpc) is 2.70. The molecule has 0 saturated heterocycles. The van der Waals surface area contributed by atoms with Crippen molar-refractivity contribution in [2.75, 3.05) is 26.9 Å². The number of carbonyl (C=O) groups excluding carboxylic acids is 1. The van der Waals surface area contributed by atoms with E-state index in [9.17, 15) is 9.59 Å². The second kappa shape index (κ2) is 8.27. The predicted molar refractivity (Wildman–Crippen MR) is 96.9 cm³/mol. The fraction of sp³-hybridized carbons (Fsp3) is 0.200. The van der Waals surface area contributed by atoms with Crippen molar-refractivity contribution in [2.45, 2.75) is 0 Å². The van der Waals surface area contributed by atoms with Crippen LogP contribution in [0.15, 0.2) is 42.5 Å². The van der Waals surface area contributed by atoms with Gasteiger partial charge in [-0.15, -0.1) is 0 Å².